The fourth-order valence-corrected chi connectivity index (χ4v) is 6.08. The van der Waals surface area contributed by atoms with Gasteiger partial charge in [0.1, 0.15) is 12.4 Å². The predicted octanol–water partition coefficient (Wildman–Crippen LogP) is 4.66. The van der Waals surface area contributed by atoms with Crippen molar-refractivity contribution in [2.75, 3.05) is 36.2 Å². The minimum atomic E-state index is -4.96. The number of aliphatic hydroxyl groups is 1. The van der Waals surface area contributed by atoms with Gasteiger partial charge in [-0.3, -0.25) is 14.3 Å². The first-order valence-corrected chi connectivity index (χ1v) is 15.0. The lowest BCUT2D eigenvalue weighted by Gasteiger charge is -2.27. The summed E-state index contributed by atoms with van der Waals surface area (Å²) in [5.41, 5.74) is -1.92. The molecule has 3 aromatic rings. The number of hydrogen-bond donors (Lipinski definition) is 2. The molecule has 232 valence electrons. The van der Waals surface area contributed by atoms with E-state index < -0.39 is 64.6 Å². The number of carbonyl (C=O) groups is 2. The number of amides is 2. The minimum absolute atomic E-state index is 0.0382. The molecule has 0 aliphatic carbocycles. The standard InChI is InChI=1S/C27H29F5N6O4S/c1-16-21(17-13-33-37(2)14-17)23(27(30,31)32)35-24(38-10-5-8-26(28,29)9-11-38)22(16)25(41)34-18-6-4-7-19(12-18)43(3,42)36-20(40)15-39/h4,6-7,12-14,39H,5,8-11,15H2,1-3H3,(H,34,41)/t43-/m1/s1. The molecule has 1 aliphatic heterocycles. The smallest absolute Gasteiger partial charge is 0.386 e. The zero-order valence-electron chi connectivity index (χ0n) is 23.4. The van der Waals surface area contributed by atoms with E-state index in [1.54, 1.807) is 0 Å². The van der Waals surface area contributed by atoms with E-state index in [4.69, 9.17) is 5.11 Å². The average Bonchev–Trinajstić information content (AvgIpc) is 3.25. The number of pyridine rings is 1. The van der Waals surface area contributed by atoms with Crippen molar-refractivity contribution in [3.63, 3.8) is 0 Å². The molecule has 43 heavy (non-hydrogen) atoms. The van der Waals surface area contributed by atoms with Gasteiger partial charge >= 0.3 is 6.18 Å². The van der Waals surface area contributed by atoms with Gasteiger partial charge in [0.2, 0.25) is 5.92 Å². The molecule has 1 aromatic carbocycles. The van der Waals surface area contributed by atoms with E-state index in [9.17, 15) is 35.8 Å². The molecule has 0 spiro atoms. The number of carbonyl (C=O) groups excluding carboxylic acids is 2. The second-order valence-electron chi connectivity index (χ2n) is 10.2. The maximum absolute atomic E-state index is 14.4. The lowest BCUT2D eigenvalue weighted by Crippen LogP contribution is -2.31. The Balaban J connectivity index is 1.88. The summed E-state index contributed by atoms with van der Waals surface area (Å²) >= 11 is 0. The summed E-state index contributed by atoms with van der Waals surface area (Å²) in [5, 5.41) is 15.5. The number of aromatic nitrogens is 3. The number of nitrogens with one attached hydrogen (secondary N) is 1. The third kappa shape index (κ3) is 7.18. The van der Waals surface area contributed by atoms with Gasteiger partial charge in [-0.25, -0.2) is 18.0 Å². The summed E-state index contributed by atoms with van der Waals surface area (Å²) < 4.78 is 89.4. The summed E-state index contributed by atoms with van der Waals surface area (Å²) in [7, 11) is -1.81. The Morgan fingerprint density at radius 3 is 2.56 bits per heavy atom. The molecule has 2 aromatic heterocycles. The highest BCUT2D eigenvalue weighted by Crippen LogP contribution is 2.42. The number of hydrogen-bond acceptors (Lipinski definition) is 7. The first kappa shape index (κ1) is 32.0. The first-order chi connectivity index (χ1) is 20.0. The number of aliphatic hydroxyl groups excluding tert-OH is 1. The van der Waals surface area contributed by atoms with Crippen molar-refractivity contribution < 1.29 is 40.9 Å². The van der Waals surface area contributed by atoms with Crippen molar-refractivity contribution in [3.8, 4) is 11.1 Å². The number of anilines is 2. The van der Waals surface area contributed by atoms with Crippen LogP contribution in [0.3, 0.4) is 0 Å². The maximum Gasteiger partial charge on any atom is 0.434 e. The van der Waals surface area contributed by atoms with Crippen LogP contribution in [0.2, 0.25) is 0 Å². The highest BCUT2D eigenvalue weighted by atomic mass is 32.2. The van der Waals surface area contributed by atoms with Gasteiger partial charge in [0.15, 0.2) is 5.69 Å². The Morgan fingerprint density at radius 2 is 1.93 bits per heavy atom. The summed E-state index contributed by atoms with van der Waals surface area (Å²) in [4.78, 5) is 30.6. The van der Waals surface area contributed by atoms with Crippen LogP contribution in [0.25, 0.3) is 11.1 Å². The second-order valence-corrected chi connectivity index (χ2v) is 12.4. The molecule has 2 amide bonds. The van der Waals surface area contributed by atoms with Crippen LogP contribution in [0.15, 0.2) is 45.9 Å². The van der Waals surface area contributed by atoms with Crippen LogP contribution in [0.5, 0.6) is 0 Å². The van der Waals surface area contributed by atoms with Crippen molar-refractivity contribution in [3.05, 3.63) is 53.5 Å². The molecule has 1 atom stereocenters. The Labute approximate surface area is 244 Å². The third-order valence-corrected chi connectivity index (χ3v) is 8.56. The molecule has 16 heteroatoms. The molecule has 10 nitrogen and oxygen atoms in total. The Bertz CT molecular complexity index is 1680. The van der Waals surface area contributed by atoms with E-state index in [0.717, 1.165) is 0 Å². The highest BCUT2D eigenvalue weighted by Gasteiger charge is 2.41. The van der Waals surface area contributed by atoms with Gasteiger partial charge in [-0.1, -0.05) is 6.07 Å². The summed E-state index contributed by atoms with van der Waals surface area (Å²) in [6.45, 7) is -0.0265. The fourth-order valence-electron chi connectivity index (χ4n) is 4.85. The van der Waals surface area contributed by atoms with Crippen LogP contribution >= 0.6 is 0 Å². The quantitative estimate of drug-likeness (QED) is 0.380. The second kappa shape index (κ2) is 12.0. The van der Waals surface area contributed by atoms with Gasteiger partial charge in [0.05, 0.1) is 21.5 Å². The van der Waals surface area contributed by atoms with Gasteiger partial charge in [-0.15, -0.1) is 0 Å². The Hall–Kier alpha value is -3.92. The number of halogens is 5. The summed E-state index contributed by atoms with van der Waals surface area (Å²) in [6, 6.07) is 5.51. The summed E-state index contributed by atoms with van der Waals surface area (Å²) in [5.74, 6) is -5.32. The van der Waals surface area contributed by atoms with Crippen molar-refractivity contribution in [1.82, 2.24) is 14.8 Å². The lowest BCUT2D eigenvalue weighted by atomic mass is 9.95. The lowest BCUT2D eigenvalue weighted by molar-refractivity contribution is -0.140. The third-order valence-electron chi connectivity index (χ3n) is 6.88. The molecule has 0 radical (unpaired) electrons. The predicted molar refractivity (Wildman–Crippen MR) is 148 cm³/mol. The molecule has 1 aliphatic rings. The monoisotopic (exact) mass is 628 g/mol. The fraction of sp³-hybridized carbons (Fsp3) is 0.407. The zero-order chi connectivity index (χ0) is 31.7. The van der Waals surface area contributed by atoms with E-state index >= 15 is 0 Å². The molecule has 0 bridgehead atoms. The van der Waals surface area contributed by atoms with Crippen LogP contribution in [0.1, 0.15) is 40.9 Å². The molecular formula is C27H29F5N6O4S. The van der Waals surface area contributed by atoms with Gasteiger partial charge in [0.25, 0.3) is 11.8 Å². The zero-order valence-corrected chi connectivity index (χ0v) is 24.2. The van der Waals surface area contributed by atoms with Crippen LogP contribution in [0.4, 0.5) is 33.5 Å². The maximum atomic E-state index is 14.4. The van der Waals surface area contributed by atoms with Crippen molar-refractivity contribution >= 4 is 33.0 Å². The van der Waals surface area contributed by atoms with Gasteiger partial charge in [-0.05, 0) is 37.1 Å². The minimum Gasteiger partial charge on any atom is -0.386 e. The number of benzene rings is 1. The van der Waals surface area contributed by atoms with E-state index in [1.165, 1.54) is 66.5 Å². The largest absolute Gasteiger partial charge is 0.434 e. The van der Waals surface area contributed by atoms with E-state index in [-0.39, 0.29) is 52.3 Å². The Morgan fingerprint density at radius 1 is 1.21 bits per heavy atom. The summed E-state index contributed by atoms with van der Waals surface area (Å²) in [6.07, 6.45) is -2.39. The van der Waals surface area contributed by atoms with E-state index in [1.807, 2.05) is 0 Å². The number of alkyl halides is 5. The van der Waals surface area contributed by atoms with Crippen LogP contribution in [-0.4, -0.2) is 67.8 Å². The molecule has 4 rings (SSSR count). The number of nitrogens with zero attached hydrogens (tertiary/aromatic N) is 5. The van der Waals surface area contributed by atoms with Crippen molar-refractivity contribution in [1.29, 1.82) is 0 Å². The topological polar surface area (TPSA) is 130 Å². The van der Waals surface area contributed by atoms with Crippen molar-refractivity contribution in [2.45, 2.75) is 43.2 Å². The molecular weight excluding hydrogens is 599 g/mol. The normalized spacial score (nSPS) is 16.7. The molecule has 0 unspecified atom stereocenters. The average molecular weight is 629 g/mol. The van der Waals surface area contributed by atoms with Gasteiger partial charge in [0, 0.05) is 67.1 Å². The molecule has 1 fully saturated rings. The molecule has 3 heterocycles. The first-order valence-electron chi connectivity index (χ1n) is 13.0. The van der Waals surface area contributed by atoms with Crippen molar-refractivity contribution in [2.24, 2.45) is 11.4 Å². The molecule has 1 saturated heterocycles. The molecule has 2 N–H and O–H groups in total. The van der Waals surface area contributed by atoms with Gasteiger partial charge < -0.3 is 15.3 Å². The SMILES string of the molecule is Cc1c(C(=O)Nc2cccc([S@@](C)(=O)=NC(=O)CO)c2)c(N2CCCC(F)(F)CC2)nc(C(F)(F)F)c1-c1cnn(C)c1. The van der Waals surface area contributed by atoms with Crippen LogP contribution in [0, 0.1) is 6.92 Å². The Kier molecular flexibility index (Phi) is 8.92. The number of rotatable bonds is 6. The molecule has 0 saturated carbocycles. The highest BCUT2D eigenvalue weighted by molar-refractivity contribution is 7.93. The van der Waals surface area contributed by atoms with Crippen LogP contribution in [-0.2, 0) is 27.7 Å². The van der Waals surface area contributed by atoms with E-state index in [2.05, 4.69) is 19.8 Å². The van der Waals surface area contributed by atoms with Crippen LogP contribution < -0.4 is 10.2 Å². The van der Waals surface area contributed by atoms with Gasteiger partial charge in [-0.2, -0.15) is 22.6 Å². The van der Waals surface area contributed by atoms with E-state index in [0.29, 0.717) is 0 Å². The number of aryl methyl sites for hydroxylation is 1.